The number of carbonyl (C=O) groups excluding carboxylic acids is 1. The normalized spacial score (nSPS) is 11.1. The van der Waals surface area contributed by atoms with Crippen molar-refractivity contribution >= 4 is 53.5 Å². The number of aryl methyl sites for hydroxylation is 1. The Balaban J connectivity index is 2.50. The van der Waals surface area contributed by atoms with E-state index in [1.165, 1.54) is 19.2 Å². The maximum Gasteiger partial charge on any atom is 0.339 e. The molecule has 0 amide bonds. The van der Waals surface area contributed by atoms with Gasteiger partial charge in [-0.1, -0.05) is 22.0 Å². The van der Waals surface area contributed by atoms with Crippen LogP contribution >= 0.6 is 31.9 Å². The van der Waals surface area contributed by atoms with Crippen LogP contribution in [0.4, 0.5) is 5.69 Å². The van der Waals surface area contributed by atoms with E-state index in [0.717, 1.165) is 5.56 Å². The zero-order chi connectivity index (χ0) is 17.2. The van der Waals surface area contributed by atoms with Gasteiger partial charge in [-0.25, -0.2) is 13.2 Å². The summed E-state index contributed by atoms with van der Waals surface area (Å²) in [6.45, 7) is 1.90. The summed E-state index contributed by atoms with van der Waals surface area (Å²) in [4.78, 5) is 11.7. The van der Waals surface area contributed by atoms with E-state index in [4.69, 9.17) is 0 Å². The van der Waals surface area contributed by atoms with Crippen LogP contribution in [0, 0.1) is 6.92 Å². The molecular formula is C15H13Br2NO4S. The number of methoxy groups -OCH3 is 1. The van der Waals surface area contributed by atoms with E-state index in [9.17, 15) is 13.2 Å². The summed E-state index contributed by atoms with van der Waals surface area (Å²) in [5.41, 5.74) is 1.32. The lowest BCUT2D eigenvalue weighted by Gasteiger charge is -2.13. The first-order valence-corrected chi connectivity index (χ1v) is 9.48. The molecule has 0 aliphatic heterocycles. The van der Waals surface area contributed by atoms with Crippen molar-refractivity contribution in [2.45, 2.75) is 11.8 Å². The summed E-state index contributed by atoms with van der Waals surface area (Å²) >= 11 is 6.54. The maximum absolute atomic E-state index is 12.6. The van der Waals surface area contributed by atoms with Crippen molar-refractivity contribution in [1.29, 1.82) is 0 Å². The van der Waals surface area contributed by atoms with E-state index in [1.54, 1.807) is 24.3 Å². The highest BCUT2D eigenvalue weighted by molar-refractivity contribution is 9.10. The molecule has 2 rings (SSSR count). The molecule has 0 bridgehead atoms. The number of benzene rings is 2. The summed E-state index contributed by atoms with van der Waals surface area (Å²) in [6, 6.07) is 9.52. The van der Waals surface area contributed by atoms with Gasteiger partial charge < -0.3 is 4.74 Å². The first-order valence-electron chi connectivity index (χ1n) is 6.41. The minimum Gasteiger partial charge on any atom is -0.465 e. The van der Waals surface area contributed by atoms with Crippen LogP contribution in [-0.2, 0) is 14.8 Å². The van der Waals surface area contributed by atoms with Crippen molar-refractivity contribution in [3.05, 3.63) is 56.5 Å². The molecule has 2 aromatic rings. The van der Waals surface area contributed by atoms with Crippen molar-refractivity contribution in [3.63, 3.8) is 0 Å². The highest BCUT2D eigenvalue weighted by Gasteiger charge is 2.24. The van der Waals surface area contributed by atoms with Gasteiger partial charge in [-0.05, 0) is 58.7 Å². The Morgan fingerprint density at radius 1 is 1.13 bits per heavy atom. The Morgan fingerprint density at radius 2 is 1.83 bits per heavy atom. The molecule has 0 radical (unpaired) electrons. The van der Waals surface area contributed by atoms with Gasteiger partial charge in [-0.15, -0.1) is 0 Å². The zero-order valence-electron chi connectivity index (χ0n) is 12.3. The molecule has 8 heteroatoms. The van der Waals surface area contributed by atoms with E-state index in [2.05, 4.69) is 41.3 Å². The number of anilines is 1. The highest BCUT2D eigenvalue weighted by atomic mass is 79.9. The third-order valence-corrected chi connectivity index (χ3v) is 5.58. The van der Waals surface area contributed by atoms with E-state index < -0.39 is 16.0 Å². The average molecular weight is 463 g/mol. The van der Waals surface area contributed by atoms with Gasteiger partial charge in [0.05, 0.1) is 18.4 Å². The van der Waals surface area contributed by atoms with Crippen molar-refractivity contribution in [2.24, 2.45) is 0 Å². The summed E-state index contributed by atoms with van der Waals surface area (Å²) < 4.78 is 33.6. The molecular weight excluding hydrogens is 450 g/mol. The van der Waals surface area contributed by atoms with E-state index in [0.29, 0.717) is 14.6 Å². The molecule has 0 heterocycles. The van der Waals surface area contributed by atoms with Crippen molar-refractivity contribution in [3.8, 4) is 0 Å². The van der Waals surface area contributed by atoms with Gasteiger partial charge in [-0.2, -0.15) is 0 Å². The van der Waals surface area contributed by atoms with Crippen LogP contribution in [0.3, 0.4) is 0 Å². The maximum atomic E-state index is 12.6. The Bertz CT molecular complexity index is 866. The monoisotopic (exact) mass is 461 g/mol. The van der Waals surface area contributed by atoms with E-state index in [-0.39, 0.29) is 10.5 Å². The molecule has 0 aliphatic rings. The Labute approximate surface area is 151 Å². The van der Waals surface area contributed by atoms with Gasteiger partial charge >= 0.3 is 5.97 Å². The largest absolute Gasteiger partial charge is 0.465 e. The first kappa shape index (κ1) is 18.0. The van der Waals surface area contributed by atoms with E-state index >= 15 is 0 Å². The summed E-state index contributed by atoms with van der Waals surface area (Å²) in [5.74, 6) is -0.727. The molecule has 0 saturated carbocycles. The van der Waals surface area contributed by atoms with Crippen molar-refractivity contribution in [1.82, 2.24) is 0 Å². The number of rotatable bonds is 4. The zero-order valence-corrected chi connectivity index (χ0v) is 16.2. The van der Waals surface area contributed by atoms with Gasteiger partial charge in [0.1, 0.15) is 4.90 Å². The smallest absolute Gasteiger partial charge is 0.339 e. The fourth-order valence-corrected chi connectivity index (χ4v) is 4.25. The molecule has 0 aromatic heterocycles. The minimum absolute atomic E-state index is 0.0439. The highest BCUT2D eigenvalue weighted by Crippen LogP contribution is 2.28. The molecule has 5 nitrogen and oxygen atoms in total. The molecule has 122 valence electrons. The molecule has 0 atom stereocenters. The predicted molar refractivity (Wildman–Crippen MR) is 95.2 cm³/mol. The Kier molecular flexibility index (Phi) is 5.49. The number of nitrogens with one attached hydrogen (secondary N) is 1. The van der Waals surface area contributed by atoms with Crippen molar-refractivity contribution in [2.75, 3.05) is 11.8 Å². The molecule has 23 heavy (non-hydrogen) atoms. The Hall–Kier alpha value is -1.38. The number of hydrogen-bond acceptors (Lipinski definition) is 4. The fraction of sp³-hybridized carbons (Fsp3) is 0.133. The van der Waals surface area contributed by atoms with Crippen LogP contribution in [0.1, 0.15) is 15.9 Å². The van der Waals surface area contributed by atoms with Crippen molar-refractivity contribution < 1.29 is 17.9 Å². The van der Waals surface area contributed by atoms with Gasteiger partial charge in [0.15, 0.2) is 0 Å². The first-order chi connectivity index (χ1) is 10.7. The van der Waals surface area contributed by atoms with Gasteiger partial charge in [0.2, 0.25) is 0 Å². The number of sulfonamides is 1. The molecule has 0 fully saturated rings. The number of halogens is 2. The Morgan fingerprint density at radius 3 is 2.43 bits per heavy atom. The second-order valence-electron chi connectivity index (χ2n) is 4.72. The molecule has 0 unspecified atom stereocenters. The number of esters is 1. The summed E-state index contributed by atoms with van der Waals surface area (Å²) in [5, 5.41) is 0. The van der Waals surface area contributed by atoms with Gasteiger partial charge in [0.25, 0.3) is 10.0 Å². The quantitative estimate of drug-likeness (QED) is 0.694. The second-order valence-corrected chi connectivity index (χ2v) is 8.14. The number of ether oxygens (including phenoxy) is 1. The van der Waals surface area contributed by atoms with Gasteiger partial charge in [-0.3, -0.25) is 4.72 Å². The molecule has 0 saturated heterocycles. The van der Waals surface area contributed by atoms with Crippen LogP contribution in [0.25, 0.3) is 0 Å². The van der Waals surface area contributed by atoms with Gasteiger partial charge in [0, 0.05) is 8.95 Å². The van der Waals surface area contributed by atoms with Crippen LogP contribution in [0.15, 0.2) is 50.2 Å². The van der Waals surface area contributed by atoms with E-state index in [1.807, 2.05) is 6.92 Å². The van der Waals surface area contributed by atoms with Crippen LogP contribution in [-0.4, -0.2) is 21.5 Å². The fourth-order valence-electron chi connectivity index (χ4n) is 1.91. The lowest BCUT2D eigenvalue weighted by Crippen LogP contribution is -2.18. The lowest BCUT2D eigenvalue weighted by atomic mass is 10.2. The third kappa shape index (κ3) is 4.13. The van der Waals surface area contributed by atoms with Crippen LogP contribution < -0.4 is 4.72 Å². The topological polar surface area (TPSA) is 72.5 Å². The molecule has 2 aromatic carbocycles. The van der Waals surface area contributed by atoms with Crippen LogP contribution in [0.5, 0.6) is 0 Å². The molecule has 0 aliphatic carbocycles. The lowest BCUT2D eigenvalue weighted by molar-refractivity contribution is 0.0596. The standard InChI is InChI=1S/C15H13Br2NO4S/c1-9-3-5-13(12(17)7-9)18-23(20,21)14-6-4-10(16)8-11(14)15(19)22-2/h3-8,18H,1-2H3. The minimum atomic E-state index is -3.95. The molecule has 0 spiro atoms. The molecule has 1 N–H and O–H groups in total. The number of carbonyl (C=O) groups is 1. The summed E-state index contributed by atoms with van der Waals surface area (Å²) in [7, 11) is -2.75. The predicted octanol–water partition coefficient (Wildman–Crippen LogP) is 4.11. The SMILES string of the molecule is COC(=O)c1cc(Br)ccc1S(=O)(=O)Nc1ccc(C)cc1Br. The summed E-state index contributed by atoms with van der Waals surface area (Å²) in [6.07, 6.45) is 0. The second kappa shape index (κ2) is 7.02. The van der Waals surface area contributed by atoms with Crippen LogP contribution in [0.2, 0.25) is 0 Å². The number of hydrogen-bond donors (Lipinski definition) is 1. The third-order valence-electron chi connectivity index (χ3n) is 3.01. The average Bonchev–Trinajstić information content (AvgIpc) is 2.49.